The van der Waals surface area contributed by atoms with Crippen LogP contribution >= 0.6 is 27.5 Å². The highest BCUT2D eigenvalue weighted by Crippen LogP contribution is 2.30. The van der Waals surface area contributed by atoms with Gasteiger partial charge in [0.15, 0.2) is 5.79 Å². The van der Waals surface area contributed by atoms with Crippen molar-refractivity contribution >= 4 is 27.5 Å². The van der Waals surface area contributed by atoms with Crippen LogP contribution in [0, 0.1) is 0 Å². The minimum Gasteiger partial charge on any atom is -0.394 e. The van der Waals surface area contributed by atoms with Crippen LogP contribution in [0.15, 0.2) is 24.3 Å². The Kier molecular flexibility index (Phi) is 5.04. The van der Waals surface area contributed by atoms with Crippen LogP contribution in [0.1, 0.15) is 12.0 Å². The van der Waals surface area contributed by atoms with Crippen molar-refractivity contribution in [3.8, 4) is 0 Å². The second-order valence-corrected chi connectivity index (χ2v) is 5.40. The van der Waals surface area contributed by atoms with Gasteiger partial charge < -0.3 is 14.6 Å². The Labute approximate surface area is 120 Å². The molecule has 1 saturated heterocycles. The normalized spacial score (nSPS) is 27.6. The highest BCUT2D eigenvalue weighted by Gasteiger charge is 2.39. The molecule has 1 fully saturated rings. The third kappa shape index (κ3) is 3.45. The molecule has 0 spiro atoms. The number of halogens is 2. The van der Waals surface area contributed by atoms with E-state index in [4.69, 9.17) is 26.2 Å². The summed E-state index contributed by atoms with van der Waals surface area (Å²) in [6.07, 6.45) is 1.38. The minimum absolute atomic E-state index is 0.00427. The van der Waals surface area contributed by atoms with Crippen molar-refractivity contribution in [3.63, 3.8) is 0 Å². The third-order valence-corrected chi connectivity index (χ3v) is 4.14. The molecule has 0 bridgehead atoms. The predicted molar refractivity (Wildman–Crippen MR) is 74.2 cm³/mol. The Morgan fingerprint density at radius 1 is 1.39 bits per heavy atom. The number of aliphatic hydroxyl groups excluding tert-OH is 1. The fourth-order valence-electron chi connectivity index (χ4n) is 1.96. The van der Waals surface area contributed by atoms with Gasteiger partial charge in [-0.2, -0.15) is 0 Å². The number of ether oxygens (including phenoxy) is 2. The Bertz CT molecular complexity index is 384. The molecular weight excluding hydrogens is 319 g/mol. The number of alkyl halides is 1. The van der Waals surface area contributed by atoms with E-state index in [0.29, 0.717) is 11.9 Å². The van der Waals surface area contributed by atoms with Crippen LogP contribution in [0.5, 0.6) is 0 Å². The number of benzene rings is 1. The lowest BCUT2D eigenvalue weighted by molar-refractivity contribution is -0.156. The van der Waals surface area contributed by atoms with Gasteiger partial charge in [0.1, 0.15) is 6.10 Å². The first-order valence-corrected chi connectivity index (χ1v) is 7.40. The molecule has 1 aliphatic heterocycles. The number of aliphatic hydroxyl groups is 1. The zero-order chi connectivity index (χ0) is 13.0. The molecule has 0 saturated carbocycles. The van der Waals surface area contributed by atoms with E-state index in [0.717, 1.165) is 17.9 Å². The monoisotopic (exact) mass is 334 g/mol. The summed E-state index contributed by atoms with van der Waals surface area (Å²) in [4.78, 5) is 0. The van der Waals surface area contributed by atoms with E-state index in [9.17, 15) is 0 Å². The van der Waals surface area contributed by atoms with Gasteiger partial charge in [-0.15, -0.1) is 0 Å². The van der Waals surface area contributed by atoms with Crippen LogP contribution in [-0.2, 0) is 15.9 Å². The highest BCUT2D eigenvalue weighted by atomic mass is 79.9. The highest BCUT2D eigenvalue weighted by molar-refractivity contribution is 9.09. The largest absolute Gasteiger partial charge is 0.394 e. The summed E-state index contributed by atoms with van der Waals surface area (Å²) < 4.78 is 11.4. The molecule has 0 amide bonds. The Morgan fingerprint density at radius 2 is 2.11 bits per heavy atom. The summed E-state index contributed by atoms with van der Waals surface area (Å²) in [7, 11) is 0. The predicted octanol–water partition coefficient (Wildman–Crippen LogP) is 2.77. The molecule has 0 radical (unpaired) electrons. The molecule has 5 heteroatoms. The maximum absolute atomic E-state index is 9.07. The lowest BCUT2D eigenvalue weighted by atomic mass is 10.1. The van der Waals surface area contributed by atoms with E-state index in [1.165, 1.54) is 5.56 Å². The van der Waals surface area contributed by atoms with E-state index in [1.807, 2.05) is 24.3 Å². The summed E-state index contributed by atoms with van der Waals surface area (Å²) in [5, 5.41) is 10.4. The van der Waals surface area contributed by atoms with Gasteiger partial charge >= 0.3 is 0 Å². The molecule has 0 unspecified atom stereocenters. The first-order valence-electron chi connectivity index (χ1n) is 5.90. The van der Waals surface area contributed by atoms with Crippen molar-refractivity contribution in [2.45, 2.75) is 24.7 Å². The maximum Gasteiger partial charge on any atom is 0.178 e. The van der Waals surface area contributed by atoms with E-state index in [1.54, 1.807) is 0 Å². The quantitative estimate of drug-likeness (QED) is 0.841. The van der Waals surface area contributed by atoms with Gasteiger partial charge in [0.2, 0.25) is 0 Å². The average Bonchev–Trinajstić information content (AvgIpc) is 2.83. The van der Waals surface area contributed by atoms with Gasteiger partial charge in [0.05, 0.1) is 18.5 Å². The zero-order valence-electron chi connectivity index (χ0n) is 9.94. The lowest BCUT2D eigenvalue weighted by Crippen LogP contribution is -2.34. The van der Waals surface area contributed by atoms with Crippen molar-refractivity contribution in [1.29, 1.82) is 0 Å². The first-order chi connectivity index (χ1) is 8.67. The van der Waals surface area contributed by atoms with Gasteiger partial charge in [-0.1, -0.05) is 39.7 Å². The summed E-state index contributed by atoms with van der Waals surface area (Å²) >= 11 is 9.27. The van der Waals surface area contributed by atoms with Crippen molar-refractivity contribution in [1.82, 2.24) is 0 Å². The van der Waals surface area contributed by atoms with Gasteiger partial charge in [-0.05, 0) is 24.1 Å². The molecule has 1 aliphatic rings. The van der Waals surface area contributed by atoms with Gasteiger partial charge in [-0.3, -0.25) is 0 Å². The topological polar surface area (TPSA) is 38.7 Å². The van der Waals surface area contributed by atoms with E-state index in [2.05, 4.69) is 15.9 Å². The Hall–Kier alpha value is -0.130. The van der Waals surface area contributed by atoms with Gasteiger partial charge in [-0.25, -0.2) is 0 Å². The van der Waals surface area contributed by atoms with E-state index in [-0.39, 0.29) is 12.7 Å². The zero-order valence-corrected chi connectivity index (χ0v) is 12.3. The molecule has 1 N–H and O–H groups in total. The van der Waals surface area contributed by atoms with Crippen molar-refractivity contribution in [2.24, 2.45) is 0 Å². The molecular formula is C13H16BrClO3. The Balaban J connectivity index is 1.93. The van der Waals surface area contributed by atoms with Gasteiger partial charge in [0, 0.05) is 11.4 Å². The second kappa shape index (κ2) is 6.35. The van der Waals surface area contributed by atoms with Crippen LogP contribution in [0.4, 0.5) is 0 Å². The number of rotatable bonds is 5. The molecule has 18 heavy (non-hydrogen) atoms. The number of hydrogen-bond acceptors (Lipinski definition) is 3. The molecule has 0 aromatic heterocycles. The maximum atomic E-state index is 9.07. The SMILES string of the molecule is OC[C@@H]1CO[C@@](CBr)(CCc2ccc(Cl)cc2)O1. The van der Waals surface area contributed by atoms with Crippen LogP contribution in [0.2, 0.25) is 5.02 Å². The first kappa shape index (κ1) is 14.3. The summed E-state index contributed by atoms with van der Waals surface area (Å²) in [6, 6.07) is 7.76. The summed E-state index contributed by atoms with van der Waals surface area (Å²) in [6.45, 7) is 0.443. The van der Waals surface area contributed by atoms with Crippen molar-refractivity contribution < 1.29 is 14.6 Å². The molecule has 3 nitrogen and oxygen atoms in total. The van der Waals surface area contributed by atoms with Crippen LogP contribution < -0.4 is 0 Å². The van der Waals surface area contributed by atoms with Crippen molar-refractivity contribution in [3.05, 3.63) is 34.9 Å². The summed E-state index contributed by atoms with van der Waals surface area (Å²) in [5.74, 6) is -0.618. The summed E-state index contributed by atoms with van der Waals surface area (Å²) in [5.41, 5.74) is 1.19. The molecule has 1 heterocycles. The molecule has 0 aliphatic carbocycles. The third-order valence-electron chi connectivity index (χ3n) is 3.03. The molecule has 100 valence electrons. The average molecular weight is 336 g/mol. The molecule has 1 aromatic carbocycles. The number of hydrogen-bond donors (Lipinski definition) is 1. The number of aryl methyl sites for hydroxylation is 1. The molecule has 1 aromatic rings. The second-order valence-electron chi connectivity index (χ2n) is 4.40. The van der Waals surface area contributed by atoms with Crippen LogP contribution in [-0.4, -0.2) is 35.5 Å². The fraction of sp³-hybridized carbons (Fsp3) is 0.538. The van der Waals surface area contributed by atoms with E-state index < -0.39 is 5.79 Å². The van der Waals surface area contributed by atoms with Crippen LogP contribution in [0.3, 0.4) is 0 Å². The lowest BCUT2D eigenvalue weighted by Gasteiger charge is -2.25. The van der Waals surface area contributed by atoms with E-state index >= 15 is 0 Å². The standard InChI is InChI=1S/C13H16BrClO3/c14-9-13(17-8-12(7-16)18-13)6-5-10-1-3-11(15)4-2-10/h1-4,12,16H,5-9H2/t12-,13+/m1/s1. The molecule has 2 atom stereocenters. The van der Waals surface area contributed by atoms with Crippen molar-refractivity contribution in [2.75, 3.05) is 18.5 Å². The molecule has 2 rings (SSSR count). The van der Waals surface area contributed by atoms with Gasteiger partial charge in [0.25, 0.3) is 0 Å². The van der Waals surface area contributed by atoms with Crippen LogP contribution in [0.25, 0.3) is 0 Å². The minimum atomic E-state index is -0.618. The smallest absolute Gasteiger partial charge is 0.178 e. The Morgan fingerprint density at radius 3 is 2.67 bits per heavy atom. The fourth-order valence-corrected chi connectivity index (χ4v) is 2.66.